The highest BCUT2D eigenvalue weighted by Crippen LogP contribution is 2.43. The molecule has 1 fully saturated rings. The number of aryl methyl sites for hydroxylation is 2. The molecule has 2 aliphatic heterocycles. The number of para-hydroxylation sites is 1. The number of hydrogen-bond acceptors (Lipinski definition) is 5. The van der Waals surface area contributed by atoms with Gasteiger partial charge in [-0.3, -0.25) is 9.48 Å². The Balaban J connectivity index is 1.44. The first-order chi connectivity index (χ1) is 12.1. The number of likely N-dealkylation sites (tertiary alicyclic amines) is 1. The molecular formula is C18H17N5O2. The molecule has 1 spiro atoms. The van der Waals surface area contributed by atoms with Gasteiger partial charge in [0.1, 0.15) is 11.4 Å². The number of carbonyl (C=O) groups excluding carboxylic acids is 1. The summed E-state index contributed by atoms with van der Waals surface area (Å²) in [7, 11) is 1.85. The van der Waals surface area contributed by atoms with Crippen LogP contribution in [0.2, 0.25) is 0 Å². The molecule has 0 N–H and O–H groups in total. The SMILES string of the molecule is Cc1ncc2c(n1)COC21CN(C(=O)c2nn(C)c3ccccc23)C1. The number of carbonyl (C=O) groups is 1. The van der Waals surface area contributed by atoms with Gasteiger partial charge in [0, 0.05) is 24.2 Å². The summed E-state index contributed by atoms with van der Waals surface area (Å²) < 4.78 is 7.73. The van der Waals surface area contributed by atoms with Crippen LogP contribution in [0.3, 0.4) is 0 Å². The zero-order valence-corrected chi connectivity index (χ0v) is 14.1. The van der Waals surface area contributed by atoms with Gasteiger partial charge >= 0.3 is 0 Å². The topological polar surface area (TPSA) is 73.1 Å². The Hall–Kier alpha value is -2.80. The zero-order valence-electron chi connectivity index (χ0n) is 14.1. The third-order valence-electron chi connectivity index (χ3n) is 5.10. The Bertz CT molecular complexity index is 1020. The fourth-order valence-electron chi connectivity index (χ4n) is 3.79. The lowest BCUT2D eigenvalue weighted by Crippen LogP contribution is -2.61. The van der Waals surface area contributed by atoms with Crippen LogP contribution in [0.1, 0.15) is 27.6 Å². The van der Waals surface area contributed by atoms with Crippen molar-refractivity contribution < 1.29 is 9.53 Å². The monoisotopic (exact) mass is 335 g/mol. The van der Waals surface area contributed by atoms with E-state index in [1.54, 1.807) is 9.58 Å². The van der Waals surface area contributed by atoms with Gasteiger partial charge in [-0.1, -0.05) is 18.2 Å². The van der Waals surface area contributed by atoms with Crippen LogP contribution >= 0.6 is 0 Å². The molecule has 4 heterocycles. The largest absolute Gasteiger partial charge is 0.360 e. The van der Waals surface area contributed by atoms with Crippen LogP contribution in [0.25, 0.3) is 10.9 Å². The fraction of sp³-hybridized carbons (Fsp3) is 0.333. The van der Waals surface area contributed by atoms with Crippen molar-refractivity contribution in [2.45, 2.75) is 19.1 Å². The number of hydrogen-bond donors (Lipinski definition) is 0. The molecule has 126 valence electrons. The summed E-state index contributed by atoms with van der Waals surface area (Å²) in [5.74, 6) is 0.680. The molecule has 0 bridgehead atoms. The second-order valence-corrected chi connectivity index (χ2v) is 6.71. The maximum absolute atomic E-state index is 12.9. The normalized spacial score (nSPS) is 17.8. The molecule has 2 aliphatic rings. The first-order valence-corrected chi connectivity index (χ1v) is 8.25. The Morgan fingerprint density at radius 1 is 1.28 bits per heavy atom. The highest BCUT2D eigenvalue weighted by molar-refractivity contribution is 6.05. The molecule has 5 rings (SSSR count). The van der Waals surface area contributed by atoms with E-state index in [1.807, 2.05) is 44.4 Å². The highest BCUT2D eigenvalue weighted by Gasteiger charge is 2.53. The molecule has 0 unspecified atom stereocenters. The molecule has 3 aromatic rings. The molecule has 1 aromatic carbocycles. The van der Waals surface area contributed by atoms with Gasteiger partial charge in [0.2, 0.25) is 0 Å². The van der Waals surface area contributed by atoms with Gasteiger partial charge in [-0.15, -0.1) is 0 Å². The van der Waals surface area contributed by atoms with Gasteiger partial charge in [0.15, 0.2) is 5.69 Å². The molecule has 0 saturated carbocycles. The first kappa shape index (κ1) is 14.5. The quantitative estimate of drug-likeness (QED) is 0.675. The van der Waals surface area contributed by atoms with Gasteiger partial charge < -0.3 is 9.64 Å². The smallest absolute Gasteiger partial charge is 0.275 e. The minimum atomic E-state index is -0.455. The minimum Gasteiger partial charge on any atom is -0.360 e. The van der Waals surface area contributed by atoms with E-state index in [4.69, 9.17) is 4.74 Å². The van der Waals surface area contributed by atoms with E-state index < -0.39 is 5.60 Å². The fourth-order valence-corrected chi connectivity index (χ4v) is 3.79. The van der Waals surface area contributed by atoms with Crippen LogP contribution in [0.5, 0.6) is 0 Å². The van der Waals surface area contributed by atoms with Crippen LogP contribution in [-0.2, 0) is 24.0 Å². The average Bonchev–Trinajstić information content (AvgIpc) is 3.12. The molecule has 1 saturated heterocycles. The van der Waals surface area contributed by atoms with E-state index in [1.165, 1.54) is 0 Å². The Morgan fingerprint density at radius 3 is 2.92 bits per heavy atom. The van der Waals surface area contributed by atoms with Gasteiger partial charge in [0.25, 0.3) is 5.91 Å². The molecule has 0 aliphatic carbocycles. The lowest BCUT2D eigenvalue weighted by atomic mass is 9.87. The van der Waals surface area contributed by atoms with Crippen molar-refractivity contribution in [2.24, 2.45) is 7.05 Å². The van der Waals surface area contributed by atoms with E-state index >= 15 is 0 Å². The Labute approximate surface area is 144 Å². The van der Waals surface area contributed by atoms with Gasteiger partial charge in [0.05, 0.1) is 30.9 Å². The van der Waals surface area contributed by atoms with Crippen LogP contribution in [0.15, 0.2) is 30.5 Å². The lowest BCUT2D eigenvalue weighted by Gasteiger charge is -2.46. The molecule has 0 radical (unpaired) electrons. The van der Waals surface area contributed by atoms with Gasteiger partial charge in [-0.05, 0) is 13.0 Å². The number of aromatic nitrogens is 4. The van der Waals surface area contributed by atoms with Crippen molar-refractivity contribution in [3.63, 3.8) is 0 Å². The number of fused-ring (bicyclic) bond motifs is 3. The molecule has 7 nitrogen and oxygen atoms in total. The molecular weight excluding hydrogens is 318 g/mol. The van der Waals surface area contributed by atoms with E-state index in [-0.39, 0.29) is 5.91 Å². The number of amides is 1. The second-order valence-electron chi connectivity index (χ2n) is 6.71. The Kier molecular flexibility index (Phi) is 2.82. The minimum absolute atomic E-state index is 0.0625. The lowest BCUT2D eigenvalue weighted by molar-refractivity contribution is -0.126. The Morgan fingerprint density at radius 2 is 2.08 bits per heavy atom. The summed E-state index contributed by atoms with van der Waals surface area (Å²) in [5, 5.41) is 5.30. The average molecular weight is 335 g/mol. The van der Waals surface area contributed by atoms with E-state index in [0.29, 0.717) is 25.4 Å². The third-order valence-corrected chi connectivity index (χ3v) is 5.10. The molecule has 0 atom stereocenters. The summed E-state index contributed by atoms with van der Waals surface area (Å²) in [6.07, 6.45) is 1.84. The number of nitrogens with zero attached hydrogens (tertiary/aromatic N) is 5. The van der Waals surface area contributed by atoms with E-state index in [9.17, 15) is 4.79 Å². The molecule has 1 amide bonds. The van der Waals surface area contributed by atoms with Crippen LogP contribution in [0.4, 0.5) is 0 Å². The van der Waals surface area contributed by atoms with Crippen molar-refractivity contribution in [1.29, 1.82) is 0 Å². The van der Waals surface area contributed by atoms with Crippen molar-refractivity contribution >= 4 is 16.8 Å². The van der Waals surface area contributed by atoms with Crippen LogP contribution in [-0.4, -0.2) is 43.6 Å². The summed E-state index contributed by atoms with van der Waals surface area (Å²) in [4.78, 5) is 23.4. The van der Waals surface area contributed by atoms with Crippen LogP contribution < -0.4 is 0 Å². The zero-order chi connectivity index (χ0) is 17.2. The third kappa shape index (κ3) is 1.96. The van der Waals surface area contributed by atoms with Gasteiger partial charge in [-0.25, -0.2) is 9.97 Å². The predicted molar refractivity (Wildman–Crippen MR) is 89.9 cm³/mol. The molecule has 7 heteroatoms. The van der Waals surface area contributed by atoms with Crippen molar-refractivity contribution in [2.75, 3.05) is 13.1 Å². The summed E-state index contributed by atoms with van der Waals surface area (Å²) >= 11 is 0. The van der Waals surface area contributed by atoms with Crippen molar-refractivity contribution in [3.05, 3.63) is 53.2 Å². The predicted octanol–water partition coefficient (Wildman–Crippen LogP) is 1.55. The standard InChI is InChI=1S/C18H17N5O2/c1-11-19-7-13-14(20-11)8-25-18(13)9-23(10-18)17(24)16-12-5-3-4-6-15(12)22(2)21-16/h3-7H,8-10H2,1-2H3. The van der Waals surface area contributed by atoms with Crippen molar-refractivity contribution in [1.82, 2.24) is 24.6 Å². The molecule has 2 aromatic heterocycles. The maximum Gasteiger partial charge on any atom is 0.275 e. The number of benzene rings is 1. The second kappa shape index (κ2) is 4.86. The maximum atomic E-state index is 12.9. The van der Waals surface area contributed by atoms with E-state index in [0.717, 1.165) is 28.0 Å². The van der Waals surface area contributed by atoms with Crippen molar-refractivity contribution in [3.8, 4) is 0 Å². The van der Waals surface area contributed by atoms with Gasteiger partial charge in [-0.2, -0.15) is 5.10 Å². The number of rotatable bonds is 1. The summed E-state index contributed by atoms with van der Waals surface area (Å²) in [6, 6.07) is 7.77. The first-order valence-electron chi connectivity index (χ1n) is 8.25. The molecule has 25 heavy (non-hydrogen) atoms. The number of ether oxygens (including phenoxy) is 1. The highest BCUT2D eigenvalue weighted by atomic mass is 16.5. The van der Waals surface area contributed by atoms with E-state index in [2.05, 4.69) is 15.1 Å². The van der Waals surface area contributed by atoms with Crippen LogP contribution in [0, 0.1) is 6.92 Å². The summed E-state index contributed by atoms with van der Waals surface area (Å²) in [5.41, 5.74) is 2.93. The summed E-state index contributed by atoms with van der Waals surface area (Å²) in [6.45, 7) is 3.37.